The molecule has 0 N–H and O–H groups in total. The topological polar surface area (TPSA) is 14.2 Å². The summed E-state index contributed by atoms with van der Waals surface area (Å²) in [5, 5.41) is 2.53. The monoisotopic (exact) mass is 689 g/mol. The summed E-state index contributed by atoms with van der Waals surface area (Å²) >= 11 is 0. The van der Waals surface area contributed by atoms with Gasteiger partial charge in [-0.1, -0.05) is 133 Å². The van der Waals surface area contributed by atoms with E-state index in [0.717, 1.165) is 17.1 Å². The average molecular weight is 690 g/mol. The maximum Gasteiger partial charge on any atom is 0.256 e. The van der Waals surface area contributed by atoms with Gasteiger partial charge >= 0.3 is 0 Å². The lowest BCUT2D eigenvalue weighted by atomic mass is 9.34. The van der Waals surface area contributed by atoms with E-state index in [1.165, 1.54) is 99.5 Å². The second-order valence-electron chi connectivity index (χ2n) is 15.1. The number of benzene rings is 8. The van der Waals surface area contributed by atoms with Crippen LogP contribution in [-0.2, 0) is 0 Å². The molecule has 0 bridgehead atoms. The van der Waals surface area contributed by atoms with Gasteiger partial charge in [-0.05, 0) is 129 Å². The van der Waals surface area contributed by atoms with E-state index in [2.05, 4.69) is 189 Å². The number of aromatic nitrogens is 1. The van der Waals surface area contributed by atoms with Crippen molar-refractivity contribution in [2.45, 2.75) is 20.8 Å². The third-order valence-electron chi connectivity index (χ3n) is 11.7. The fourth-order valence-corrected chi connectivity index (χ4v) is 9.48. The zero-order chi connectivity index (χ0) is 36.1. The van der Waals surface area contributed by atoms with Crippen LogP contribution in [0.15, 0.2) is 164 Å². The maximum atomic E-state index is 7.13. The van der Waals surface area contributed by atoms with Crippen LogP contribution in [0.2, 0.25) is 0 Å². The Morgan fingerprint density at radius 3 is 1.69 bits per heavy atom. The third-order valence-corrected chi connectivity index (χ3v) is 11.7. The van der Waals surface area contributed by atoms with E-state index < -0.39 is 0 Å². The summed E-state index contributed by atoms with van der Waals surface area (Å²) in [6.45, 7) is 6.65. The molecular weight excluding hydrogens is 653 g/mol. The van der Waals surface area contributed by atoms with Gasteiger partial charge in [-0.25, -0.2) is 0 Å². The van der Waals surface area contributed by atoms with Gasteiger partial charge in [0.2, 0.25) is 0 Å². The quantitative estimate of drug-likeness (QED) is 0.168. The van der Waals surface area contributed by atoms with Crippen LogP contribution >= 0.6 is 0 Å². The standard InChI is InChI=1S/C51H36BNO/c1-31-23-32(2)49(33(3)24-31)40-28-46-50-48(30-40)54-47-29-38(35-15-9-5-10-16-35)19-21-43(47)52(50)44-27-39(36-17-11-6-12-18-36)26-42-41-25-37(34-13-7-4-8-14-34)20-22-45(41)53(46)51(42)44/h4-30H,1-3H3. The van der Waals surface area contributed by atoms with Gasteiger partial charge in [-0.2, -0.15) is 0 Å². The highest BCUT2D eigenvalue weighted by Crippen LogP contribution is 2.43. The van der Waals surface area contributed by atoms with E-state index in [-0.39, 0.29) is 6.71 Å². The lowest BCUT2D eigenvalue weighted by molar-refractivity contribution is 0.487. The first-order valence-electron chi connectivity index (χ1n) is 18.9. The van der Waals surface area contributed by atoms with E-state index in [1.54, 1.807) is 0 Å². The second kappa shape index (κ2) is 11.7. The molecule has 254 valence electrons. The normalized spacial score (nSPS) is 12.5. The molecule has 0 atom stereocenters. The van der Waals surface area contributed by atoms with Gasteiger partial charge in [-0.3, -0.25) is 0 Å². The van der Waals surface area contributed by atoms with E-state index in [1.807, 2.05) is 0 Å². The van der Waals surface area contributed by atoms with Crippen LogP contribution in [0.3, 0.4) is 0 Å². The molecule has 11 rings (SSSR count). The summed E-state index contributed by atoms with van der Waals surface area (Å²) in [5.41, 5.74) is 20.9. The molecule has 0 aliphatic carbocycles. The molecule has 2 aliphatic rings. The number of nitrogens with zero attached hydrogens (tertiary/aromatic N) is 1. The number of rotatable bonds is 4. The van der Waals surface area contributed by atoms with Crippen LogP contribution in [0.5, 0.6) is 11.5 Å². The van der Waals surface area contributed by atoms with Gasteiger partial charge < -0.3 is 9.30 Å². The summed E-state index contributed by atoms with van der Waals surface area (Å²) in [7, 11) is 0. The smallest absolute Gasteiger partial charge is 0.256 e. The first-order chi connectivity index (χ1) is 26.5. The first kappa shape index (κ1) is 31.0. The van der Waals surface area contributed by atoms with Crippen LogP contribution < -0.4 is 21.1 Å². The van der Waals surface area contributed by atoms with Gasteiger partial charge in [0.15, 0.2) is 0 Å². The first-order valence-corrected chi connectivity index (χ1v) is 18.9. The molecule has 9 aromatic rings. The minimum Gasteiger partial charge on any atom is -0.458 e. The van der Waals surface area contributed by atoms with Gasteiger partial charge in [0.25, 0.3) is 6.71 Å². The zero-order valence-electron chi connectivity index (χ0n) is 30.5. The lowest BCUT2D eigenvalue weighted by Crippen LogP contribution is -2.58. The van der Waals surface area contributed by atoms with Crippen molar-refractivity contribution >= 4 is 44.9 Å². The Labute approximate surface area is 316 Å². The molecule has 8 aromatic carbocycles. The van der Waals surface area contributed by atoms with Crippen LogP contribution in [0.1, 0.15) is 16.7 Å². The van der Waals surface area contributed by atoms with Crippen molar-refractivity contribution in [2.24, 2.45) is 0 Å². The predicted octanol–water partition coefficient (Wildman–Crippen LogP) is 11.3. The van der Waals surface area contributed by atoms with Crippen molar-refractivity contribution in [1.82, 2.24) is 4.57 Å². The number of ether oxygens (including phenoxy) is 1. The molecular formula is C51H36BNO. The molecule has 0 radical (unpaired) electrons. The summed E-state index contributed by atoms with van der Waals surface area (Å²) in [6.07, 6.45) is 0. The van der Waals surface area contributed by atoms with Gasteiger partial charge in [0, 0.05) is 22.0 Å². The minimum atomic E-state index is -0.00518. The van der Waals surface area contributed by atoms with Crippen LogP contribution in [0, 0.1) is 20.8 Å². The van der Waals surface area contributed by atoms with E-state index >= 15 is 0 Å². The molecule has 0 unspecified atom stereocenters. The van der Waals surface area contributed by atoms with Crippen molar-refractivity contribution in [2.75, 3.05) is 0 Å². The largest absolute Gasteiger partial charge is 0.458 e. The SMILES string of the molecule is Cc1cc(C)c(-c2cc3c4c(c2)-n2c5ccc(-c6ccccc6)cc5c5cc(-c6ccccc6)cc(c52)B4c2ccc(-c4ccccc4)cc2O3)c(C)c1. The molecule has 3 heteroatoms. The summed E-state index contributed by atoms with van der Waals surface area (Å²) in [4.78, 5) is 0. The number of aryl methyl sites for hydroxylation is 3. The molecule has 0 saturated carbocycles. The Balaban J connectivity index is 1.27. The third kappa shape index (κ3) is 4.61. The van der Waals surface area contributed by atoms with Gasteiger partial charge in [0.1, 0.15) is 11.5 Å². The van der Waals surface area contributed by atoms with Crippen LogP contribution in [-0.4, -0.2) is 11.3 Å². The molecule has 54 heavy (non-hydrogen) atoms. The molecule has 0 amide bonds. The highest BCUT2D eigenvalue weighted by atomic mass is 16.5. The predicted molar refractivity (Wildman–Crippen MR) is 228 cm³/mol. The molecule has 3 heterocycles. The van der Waals surface area contributed by atoms with Crippen molar-refractivity contribution in [3.05, 3.63) is 180 Å². The Kier molecular flexibility index (Phi) is 6.72. The summed E-state index contributed by atoms with van der Waals surface area (Å²) in [5.74, 6) is 1.85. The van der Waals surface area contributed by atoms with Crippen molar-refractivity contribution in [3.8, 4) is 61.7 Å². The van der Waals surface area contributed by atoms with Gasteiger partial charge in [0.05, 0.1) is 5.52 Å². The second-order valence-corrected chi connectivity index (χ2v) is 15.1. The Morgan fingerprint density at radius 2 is 1.02 bits per heavy atom. The summed E-state index contributed by atoms with van der Waals surface area (Å²) in [6, 6.07) is 60.2. The Morgan fingerprint density at radius 1 is 0.444 bits per heavy atom. The number of hydrogen-bond donors (Lipinski definition) is 0. The Hall–Kier alpha value is -6.58. The lowest BCUT2D eigenvalue weighted by Gasteiger charge is -2.34. The molecule has 2 aliphatic heterocycles. The number of fused-ring (bicyclic) bond motifs is 7. The molecule has 2 nitrogen and oxygen atoms in total. The number of hydrogen-bond acceptors (Lipinski definition) is 1. The van der Waals surface area contributed by atoms with E-state index in [9.17, 15) is 0 Å². The molecule has 0 saturated heterocycles. The fourth-order valence-electron chi connectivity index (χ4n) is 9.48. The zero-order valence-corrected chi connectivity index (χ0v) is 30.5. The molecule has 0 fully saturated rings. The average Bonchev–Trinajstić information content (AvgIpc) is 3.53. The maximum absolute atomic E-state index is 7.13. The van der Waals surface area contributed by atoms with Crippen molar-refractivity contribution in [1.29, 1.82) is 0 Å². The van der Waals surface area contributed by atoms with Gasteiger partial charge in [-0.15, -0.1) is 0 Å². The van der Waals surface area contributed by atoms with Crippen LogP contribution in [0.25, 0.3) is 72.0 Å². The fraction of sp³-hybridized carbons (Fsp3) is 0.0588. The molecule has 0 spiro atoms. The highest BCUT2D eigenvalue weighted by Gasteiger charge is 2.41. The minimum absolute atomic E-state index is 0.00518. The van der Waals surface area contributed by atoms with Crippen molar-refractivity contribution < 1.29 is 4.74 Å². The molecule has 1 aromatic heterocycles. The highest BCUT2D eigenvalue weighted by molar-refractivity contribution is 6.99. The Bertz CT molecular complexity index is 2960. The van der Waals surface area contributed by atoms with E-state index in [0.29, 0.717) is 0 Å². The van der Waals surface area contributed by atoms with Crippen LogP contribution in [0.4, 0.5) is 0 Å². The summed E-state index contributed by atoms with van der Waals surface area (Å²) < 4.78 is 9.67. The van der Waals surface area contributed by atoms with Crippen molar-refractivity contribution in [3.63, 3.8) is 0 Å². The van der Waals surface area contributed by atoms with E-state index in [4.69, 9.17) is 4.74 Å².